The monoisotopic (exact) mass is 430 g/mol. The lowest BCUT2D eigenvalue weighted by Gasteiger charge is -2.27. The van der Waals surface area contributed by atoms with E-state index in [0.29, 0.717) is 49.8 Å². The van der Waals surface area contributed by atoms with Crippen LogP contribution >= 0.6 is 0 Å². The van der Waals surface area contributed by atoms with E-state index >= 15 is 0 Å². The Hall–Kier alpha value is -3.92. The number of imidazole rings is 1. The fraction of sp³-hybridized carbons (Fsp3) is 0.273. The predicted molar refractivity (Wildman–Crippen MR) is 120 cm³/mol. The zero-order chi connectivity index (χ0) is 22.1. The van der Waals surface area contributed by atoms with Crippen LogP contribution in [-0.2, 0) is 9.53 Å². The average molecular weight is 430 g/mol. The van der Waals surface area contributed by atoms with Crippen molar-refractivity contribution >= 4 is 28.7 Å². The summed E-state index contributed by atoms with van der Waals surface area (Å²) in [6.45, 7) is 6.02. The van der Waals surface area contributed by atoms with Crippen LogP contribution in [0.25, 0.3) is 28.4 Å². The van der Waals surface area contributed by atoms with Crippen molar-refractivity contribution in [3.63, 3.8) is 0 Å². The summed E-state index contributed by atoms with van der Waals surface area (Å²) in [6.07, 6.45) is 1.65. The van der Waals surface area contributed by atoms with Crippen molar-refractivity contribution in [2.24, 2.45) is 0 Å². The highest BCUT2D eigenvalue weighted by molar-refractivity contribution is 5.87. The van der Waals surface area contributed by atoms with Gasteiger partial charge in [0, 0.05) is 31.8 Å². The van der Waals surface area contributed by atoms with Gasteiger partial charge in [0.15, 0.2) is 5.82 Å². The maximum absolute atomic E-state index is 11.3. The van der Waals surface area contributed by atoms with Crippen LogP contribution in [0, 0.1) is 6.92 Å². The van der Waals surface area contributed by atoms with E-state index in [9.17, 15) is 4.79 Å². The summed E-state index contributed by atoms with van der Waals surface area (Å²) in [5, 5.41) is 2.67. The van der Waals surface area contributed by atoms with Crippen LogP contribution in [0.5, 0.6) is 0 Å². The van der Waals surface area contributed by atoms with Gasteiger partial charge in [-0.25, -0.2) is 9.97 Å². The number of carbonyl (C=O) groups is 1. The minimum absolute atomic E-state index is 0.176. The molecule has 4 aromatic rings. The van der Waals surface area contributed by atoms with E-state index in [2.05, 4.69) is 20.2 Å². The number of ether oxygens (including phenoxy) is 1. The summed E-state index contributed by atoms with van der Waals surface area (Å²) in [5.74, 6) is 2.65. The summed E-state index contributed by atoms with van der Waals surface area (Å²) in [5.41, 5.74) is 2.52. The van der Waals surface area contributed by atoms with E-state index in [0.717, 1.165) is 22.4 Å². The van der Waals surface area contributed by atoms with Gasteiger partial charge in [0.1, 0.15) is 11.6 Å². The quantitative estimate of drug-likeness (QED) is 0.525. The van der Waals surface area contributed by atoms with Crippen LogP contribution in [0.2, 0.25) is 0 Å². The largest absolute Gasteiger partial charge is 0.378 e. The third-order valence-corrected chi connectivity index (χ3v) is 5.16. The van der Waals surface area contributed by atoms with Gasteiger partial charge in [0.05, 0.1) is 24.2 Å². The molecule has 1 fully saturated rings. The lowest BCUT2D eigenvalue weighted by Crippen LogP contribution is -2.37. The number of nitrogens with one attached hydrogen (secondary N) is 1. The normalized spacial score (nSPS) is 14.0. The smallest absolute Gasteiger partial charge is 0.241 e. The molecule has 0 spiro atoms. The first-order chi connectivity index (χ1) is 15.6. The second-order valence-electron chi connectivity index (χ2n) is 7.45. The maximum Gasteiger partial charge on any atom is 0.241 e. The summed E-state index contributed by atoms with van der Waals surface area (Å²) in [7, 11) is 0. The van der Waals surface area contributed by atoms with Gasteiger partial charge in [-0.05, 0) is 31.2 Å². The number of morpholine rings is 1. The molecule has 0 bridgehead atoms. The lowest BCUT2D eigenvalue weighted by molar-refractivity contribution is -0.114. The first kappa shape index (κ1) is 20.0. The molecule has 32 heavy (non-hydrogen) atoms. The van der Waals surface area contributed by atoms with Crippen LogP contribution in [-0.4, -0.2) is 61.7 Å². The molecular formula is C22H22N8O2. The molecule has 0 unspecified atom stereocenters. The number of rotatable bonds is 4. The van der Waals surface area contributed by atoms with Gasteiger partial charge in [-0.2, -0.15) is 15.0 Å². The third-order valence-electron chi connectivity index (χ3n) is 5.16. The Morgan fingerprint density at radius 1 is 1.00 bits per heavy atom. The zero-order valence-corrected chi connectivity index (χ0v) is 17.8. The van der Waals surface area contributed by atoms with Crippen molar-refractivity contribution in [1.29, 1.82) is 0 Å². The van der Waals surface area contributed by atoms with Crippen LogP contribution in [0.1, 0.15) is 12.7 Å². The molecule has 4 heterocycles. The summed E-state index contributed by atoms with van der Waals surface area (Å²) < 4.78 is 7.42. The Morgan fingerprint density at radius 3 is 2.53 bits per heavy atom. The van der Waals surface area contributed by atoms with E-state index in [1.165, 1.54) is 6.92 Å². The van der Waals surface area contributed by atoms with Crippen LogP contribution < -0.4 is 10.2 Å². The van der Waals surface area contributed by atoms with E-state index < -0.39 is 0 Å². The highest BCUT2D eigenvalue weighted by Gasteiger charge is 2.20. The number of hydrogen-bond acceptors (Lipinski definition) is 8. The van der Waals surface area contributed by atoms with Crippen LogP contribution in [0.4, 0.5) is 11.8 Å². The number of nitrogens with zero attached hydrogens (tertiary/aromatic N) is 7. The van der Waals surface area contributed by atoms with E-state index in [4.69, 9.17) is 19.7 Å². The molecule has 0 atom stereocenters. The lowest BCUT2D eigenvalue weighted by atomic mass is 10.2. The molecule has 1 aliphatic heterocycles. The fourth-order valence-electron chi connectivity index (χ4n) is 3.67. The number of aromatic nitrogens is 6. The van der Waals surface area contributed by atoms with Gasteiger partial charge in [-0.15, -0.1) is 0 Å². The first-order valence-corrected chi connectivity index (χ1v) is 10.4. The Bertz CT molecular complexity index is 1280. The zero-order valence-electron chi connectivity index (χ0n) is 17.8. The van der Waals surface area contributed by atoms with Crippen molar-refractivity contribution in [2.45, 2.75) is 13.8 Å². The van der Waals surface area contributed by atoms with Crippen molar-refractivity contribution in [1.82, 2.24) is 29.5 Å². The molecule has 1 N–H and O–H groups in total. The Kier molecular flexibility index (Phi) is 5.20. The van der Waals surface area contributed by atoms with Crippen molar-refractivity contribution < 1.29 is 9.53 Å². The van der Waals surface area contributed by atoms with E-state index in [1.54, 1.807) is 12.3 Å². The maximum atomic E-state index is 11.3. The molecule has 0 saturated carbocycles. The summed E-state index contributed by atoms with van der Waals surface area (Å²) in [4.78, 5) is 36.6. The van der Waals surface area contributed by atoms with Crippen molar-refractivity contribution in [3.8, 4) is 17.3 Å². The van der Waals surface area contributed by atoms with E-state index in [1.807, 2.05) is 41.8 Å². The minimum atomic E-state index is -0.176. The van der Waals surface area contributed by atoms with Gasteiger partial charge < -0.3 is 15.0 Å². The van der Waals surface area contributed by atoms with Gasteiger partial charge in [-0.1, -0.05) is 12.1 Å². The summed E-state index contributed by atoms with van der Waals surface area (Å²) in [6, 6.07) is 11.5. The SMILES string of the molecule is CC(=O)Nc1ccc(-c2nc(N3CCOCC3)nc(-n3c(C)nc4ccccc43)n2)cn1. The second kappa shape index (κ2) is 8.31. The topological polar surface area (TPSA) is 111 Å². The van der Waals surface area contributed by atoms with Gasteiger partial charge in [0.25, 0.3) is 0 Å². The molecule has 1 aromatic carbocycles. The number of fused-ring (bicyclic) bond motifs is 1. The molecule has 10 nitrogen and oxygen atoms in total. The predicted octanol–water partition coefficient (Wildman–Crippen LogP) is 2.38. The number of aryl methyl sites for hydroxylation is 1. The summed E-state index contributed by atoms with van der Waals surface area (Å²) >= 11 is 0. The van der Waals surface area contributed by atoms with Gasteiger partial charge in [0.2, 0.25) is 17.8 Å². The third kappa shape index (κ3) is 3.87. The highest BCUT2D eigenvalue weighted by atomic mass is 16.5. The first-order valence-electron chi connectivity index (χ1n) is 10.4. The number of anilines is 2. The molecule has 162 valence electrons. The standard InChI is InChI=1S/C22H22N8O2/c1-14-24-17-5-3-4-6-18(17)30(14)22-27-20(16-7-8-19(23-13-16)25-15(2)31)26-21(28-22)29-9-11-32-12-10-29/h3-8,13H,9-12H2,1-2H3,(H,23,25,31). The van der Waals surface area contributed by atoms with Gasteiger partial charge >= 0.3 is 0 Å². The van der Waals surface area contributed by atoms with Crippen molar-refractivity contribution in [2.75, 3.05) is 36.5 Å². The Labute approximate surface area is 184 Å². The molecular weight excluding hydrogens is 408 g/mol. The number of hydrogen-bond donors (Lipinski definition) is 1. The molecule has 1 aliphatic rings. The second-order valence-corrected chi connectivity index (χ2v) is 7.45. The molecule has 1 saturated heterocycles. The number of para-hydroxylation sites is 2. The highest BCUT2D eigenvalue weighted by Crippen LogP contribution is 2.24. The van der Waals surface area contributed by atoms with E-state index in [-0.39, 0.29) is 5.91 Å². The molecule has 3 aromatic heterocycles. The molecule has 10 heteroatoms. The number of amides is 1. The molecule has 1 amide bonds. The molecule has 0 aliphatic carbocycles. The fourth-order valence-corrected chi connectivity index (χ4v) is 3.67. The Morgan fingerprint density at radius 2 is 1.78 bits per heavy atom. The number of pyridine rings is 1. The van der Waals surface area contributed by atoms with Gasteiger partial charge in [-0.3, -0.25) is 9.36 Å². The average Bonchev–Trinajstić information content (AvgIpc) is 3.15. The van der Waals surface area contributed by atoms with Crippen LogP contribution in [0.3, 0.4) is 0 Å². The van der Waals surface area contributed by atoms with Crippen molar-refractivity contribution in [3.05, 3.63) is 48.4 Å². The molecule has 5 rings (SSSR count). The molecule has 0 radical (unpaired) electrons. The minimum Gasteiger partial charge on any atom is -0.378 e. The van der Waals surface area contributed by atoms with Crippen LogP contribution in [0.15, 0.2) is 42.6 Å². The Balaban J connectivity index is 1.63. The number of carbonyl (C=O) groups excluding carboxylic acids is 1. The number of benzene rings is 1.